The Morgan fingerprint density at radius 2 is 2.14 bits per heavy atom. The summed E-state index contributed by atoms with van der Waals surface area (Å²) in [6.07, 6.45) is 4.33. The standard InChI is InChI=1S/C15H18N4O2/c1-11(20)18-13-5-3-4-12(8-13)15(21)16-7-6-14-9-19(2)10-17-14/h3-5,8-10H,6-7H2,1-2H3,(H,16,21)(H,18,20). The molecular weight excluding hydrogens is 268 g/mol. The van der Waals surface area contributed by atoms with E-state index in [1.165, 1.54) is 6.92 Å². The minimum atomic E-state index is -0.168. The number of imidazole rings is 1. The fourth-order valence-electron chi connectivity index (χ4n) is 1.94. The fourth-order valence-corrected chi connectivity index (χ4v) is 1.94. The van der Waals surface area contributed by atoms with Crippen LogP contribution in [0.3, 0.4) is 0 Å². The van der Waals surface area contributed by atoms with Crippen molar-refractivity contribution >= 4 is 17.5 Å². The van der Waals surface area contributed by atoms with E-state index in [9.17, 15) is 9.59 Å². The second-order valence-electron chi connectivity index (χ2n) is 4.80. The molecule has 0 bridgehead atoms. The first-order valence-corrected chi connectivity index (χ1v) is 6.67. The SMILES string of the molecule is CC(=O)Nc1cccc(C(=O)NCCc2cn(C)cn2)c1. The van der Waals surface area contributed by atoms with Gasteiger partial charge in [-0.15, -0.1) is 0 Å². The lowest BCUT2D eigenvalue weighted by molar-refractivity contribution is -0.114. The zero-order valence-corrected chi connectivity index (χ0v) is 12.1. The van der Waals surface area contributed by atoms with Crippen LogP contribution in [0.25, 0.3) is 0 Å². The molecule has 0 aliphatic heterocycles. The van der Waals surface area contributed by atoms with E-state index >= 15 is 0 Å². The van der Waals surface area contributed by atoms with E-state index in [0.29, 0.717) is 24.2 Å². The van der Waals surface area contributed by atoms with Crippen LogP contribution in [0.15, 0.2) is 36.8 Å². The molecule has 1 aromatic heterocycles. The van der Waals surface area contributed by atoms with Crippen molar-refractivity contribution < 1.29 is 9.59 Å². The molecule has 2 N–H and O–H groups in total. The molecule has 0 fully saturated rings. The van der Waals surface area contributed by atoms with Crippen LogP contribution in [0.1, 0.15) is 23.0 Å². The maximum Gasteiger partial charge on any atom is 0.251 e. The zero-order chi connectivity index (χ0) is 15.2. The van der Waals surface area contributed by atoms with Crippen molar-refractivity contribution in [2.24, 2.45) is 7.05 Å². The summed E-state index contributed by atoms with van der Waals surface area (Å²) in [5.74, 6) is -0.333. The third kappa shape index (κ3) is 4.45. The predicted octanol–water partition coefficient (Wildman–Crippen LogP) is 1.35. The van der Waals surface area contributed by atoms with Gasteiger partial charge in [0.25, 0.3) is 5.91 Å². The van der Waals surface area contributed by atoms with Gasteiger partial charge in [0.2, 0.25) is 5.91 Å². The molecule has 0 spiro atoms. The second kappa shape index (κ2) is 6.69. The van der Waals surface area contributed by atoms with Crippen LogP contribution in [0.5, 0.6) is 0 Å². The van der Waals surface area contributed by atoms with Crippen molar-refractivity contribution in [2.45, 2.75) is 13.3 Å². The number of hydrogen-bond acceptors (Lipinski definition) is 3. The van der Waals surface area contributed by atoms with E-state index < -0.39 is 0 Å². The lowest BCUT2D eigenvalue weighted by Crippen LogP contribution is -2.25. The van der Waals surface area contributed by atoms with E-state index in [2.05, 4.69) is 15.6 Å². The Morgan fingerprint density at radius 3 is 2.81 bits per heavy atom. The third-order valence-electron chi connectivity index (χ3n) is 2.87. The van der Waals surface area contributed by atoms with Crippen molar-refractivity contribution in [3.8, 4) is 0 Å². The molecule has 2 aromatic rings. The highest BCUT2D eigenvalue weighted by Gasteiger charge is 2.06. The first kappa shape index (κ1) is 14.8. The van der Waals surface area contributed by atoms with Gasteiger partial charge >= 0.3 is 0 Å². The smallest absolute Gasteiger partial charge is 0.251 e. The molecule has 0 aliphatic rings. The lowest BCUT2D eigenvalue weighted by atomic mass is 10.2. The van der Waals surface area contributed by atoms with Gasteiger partial charge in [-0.1, -0.05) is 6.07 Å². The van der Waals surface area contributed by atoms with Gasteiger partial charge in [0.1, 0.15) is 0 Å². The number of amides is 2. The molecule has 2 rings (SSSR count). The van der Waals surface area contributed by atoms with Crippen LogP contribution in [0, 0.1) is 0 Å². The molecule has 2 amide bonds. The molecule has 0 radical (unpaired) electrons. The number of carbonyl (C=O) groups excluding carboxylic acids is 2. The van der Waals surface area contributed by atoms with E-state index in [1.54, 1.807) is 30.6 Å². The fraction of sp³-hybridized carbons (Fsp3) is 0.267. The molecule has 21 heavy (non-hydrogen) atoms. The Kier molecular flexibility index (Phi) is 4.71. The summed E-state index contributed by atoms with van der Waals surface area (Å²) >= 11 is 0. The molecule has 0 saturated carbocycles. The molecule has 0 unspecified atom stereocenters. The van der Waals surface area contributed by atoms with Crippen LogP contribution in [-0.4, -0.2) is 27.9 Å². The number of anilines is 1. The largest absolute Gasteiger partial charge is 0.352 e. The summed E-state index contributed by atoms with van der Waals surface area (Å²) in [6.45, 7) is 1.94. The first-order valence-electron chi connectivity index (χ1n) is 6.67. The summed E-state index contributed by atoms with van der Waals surface area (Å²) in [6, 6.07) is 6.84. The number of aryl methyl sites for hydroxylation is 1. The third-order valence-corrected chi connectivity index (χ3v) is 2.87. The Balaban J connectivity index is 1.89. The summed E-state index contributed by atoms with van der Waals surface area (Å²) < 4.78 is 1.87. The minimum absolute atomic E-state index is 0.164. The maximum absolute atomic E-state index is 12.0. The van der Waals surface area contributed by atoms with E-state index in [0.717, 1.165) is 5.69 Å². The summed E-state index contributed by atoms with van der Waals surface area (Å²) in [7, 11) is 1.91. The van der Waals surface area contributed by atoms with Crippen LogP contribution in [-0.2, 0) is 18.3 Å². The Labute approximate surface area is 123 Å². The average Bonchev–Trinajstić information content (AvgIpc) is 2.84. The van der Waals surface area contributed by atoms with Crippen LogP contribution >= 0.6 is 0 Å². The van der Waals surface area contributed by atoms with Crippen molar-refractivity contribution in [2.75, 3.05) is 11.9 Å². The molecule has 6 heteroatoms. The molecule has 0 atom stereocenters. The topological polar surface area (TPSA) is 76.0 Å². The monoisotopic (exact) mass is 286 g/mol. The highest BCUT2D eigenvalue weighted by Crippen LogP contribution is 2.10. The number of nitrogens with one attached hydrogen (secondary N) is 2. The summed E-state index contributed by atoms with van der Waals surface area (Å²) in [5.41, 5.74) is 2.06. The molecular formula is C15H18N4O2. The quantitative estimate of drug-likeness (QED) is 0.871. The van der Waals surface area contributed by atoms with Gasteiger partial charge in [0, 0.05) is 44.4 Å². The van der Waals surface area contributed by atoms with Crippen molar-refractivity contribution in [1.29, 1.82) is 0 Å². The Bertz CT molecular complexity index is 649. The van der Waals surface area contributed by atoms with Gasteiger partial charge in [-0.2, -0.15) is 0 Å². The Morgan fingerprint density at radius 1 is 1.33 bits per heavy atom. The van der Waals surface area contributed by atoms with Gasteiger partial charge in [-0.05, 0) is 18.2 Å². The zero-order valence-electron chi connectivity index (χ0n) is 12.1. The predicted molar refractivity (Wildman–Crippen MR) is 80.0 cm³/mol. The van der Waals surface area contributed by atoms with Crippen LogP contribution in [0.2, 0.25) is 0 Å². The molecule has 110 valence electrons. The highest BCUT2D eigenvalue weighted by atomic mass is 16.2. The summed E-state index contributed by atoms with van der Waals surface area (Å²) in [5, 5.41) is 5.49. The number of benzene rings is 1. The van der Waals surface area contributed by atoms with Crippen molar-refractivity contribution in [1.82, 2.24) is 14.9 Å². The number of nitrogens with zero attached hydrogens (tertiary/aromatic N) is 2. The first-order chi connectivity index (χ1) is 10.0. The van der Waals surface area contributed by atoms with Gasteiger partial charge < -0.3 is 15.2 Å². The molecule has 0 aliphatic carbocycles. The number of carbonyl (C=O) groups is 2. The van der Waals surface area contributed by atoms with Gasteiger partial charge in [-0.3, -0.25) is 9.59 Å². The number of hydrogen-bond donors (Lipinski definition) is 2. The highest BCUT2D eigenvalue weighted by molar-refractivity contribution is 5.96. The second-order valence-corrected chi connectivity index (χ2v) is 4.80. The number of aromatic nitrogens is 2. The van der Waals surface area contributed by atoms with Crippen LogP contribution < -0.4 is 10.6 Å². The van der Waals surface area contributed by atoms with E-state index in [4.69, 9.17) is 0 Å². The minimum Gasteiger partial charge on any atom is -0.352 e. The van der Waals surface area contributed by atoms with Crippen LogP contribution in [0.4, 0.5) is 5.69 Å². The maximum atomic E-state index is 12.0. The normalized spacial score (nSPS) is 10.2. The Hall–Kier alpha value is -2.63. The molecule has 0 saturated heterocycles. The van der Waals surface area contributed by atoms with E-state index in [1.807, 2.05) is 17.8 Å². The lowest BCUT2D eigenvalue weighted by Gasteiger charge is -2.06. The average molecular weight is 286 g/mol. The molecule has 6 nitrogen and oxygen atoms in total. The number of rotatable bonds is 5. The van der Waals surface area contributed by atoms with Gasteiger partial charge in [-0.25, -0.2) is 4.98 Å². The summed E-state index contributed by atoms with van der Waals surface area (Å²) in [4.78, 5) is 27.2. The van der Waals surface area contributed by atoms with Gasteiger partial charge in [0.15, 0.2) is 0 Å². The molecule has 1 aromatic carbocycles. The van der Waals surface area contributed by atoms with Crippen molar-refractivity contribution in [3.63, 3.8) is 0 Å². The molecule has 1 heterocycles. The van der Waals surface area contributed by atoms with Gasteiger partial charge in [0.05, 0.1) is 12.0 Å². The van der Waals surface area contributed by atoms with E-state index in [-0.39, 0.29) is 11.8 Å². The van der Waals surface area contributed by atoms with Crippen molar-refractivity contribution in [3.05, 3.63) is 48.0 Å².